The molecule has 0 spiro atoms. The Labute approximate surface area is 87.2 Å². The molecule has 1 saturated carbocycles. The molecule has 14 heavy (non-hydrogen) atoms. The van der Waals surface area contributed by atoms with Crippen LogP contribution in [0.2, 0.25) is 0 Å². The van der Waals surface area contributed by atoms with E-state index in [0.29, 0.717) is 18.1 Å². The molecule has 0 aliphatic heterocycles. The summed E-state index contributed by atoms with van der Waals surface area (Å²) in [5.41, 5.74) is 5.65. The van der Waals surface area contributed by atoms with Crippen molar-refractivity contribution in [3.8, 4) is 0 Å². The number of Topliss-reactive ketones (excluding diaryl/α,β-unsaturated/α-hetero) is 1. The van der Waals surface area contributed by atoms with Gasteiger partial charge >= 0.3 is 0 Å². The average Bonchev–Trinajstić information content (AvgIpc) is 2.14. The van der Waals surface area contributed by atoms with E-state index in [2.05, 4.69) is 6.92 Å². The normalized spacial score (nSPS) is 29.9. The van der Waals surface area contributed by atoms with E-state index >= 15 is 0 Å². The molecule has 0 saturated heterocycles. The van der Waals surface area contributed by atoms with Crippen LogP contribution in [-0.4, -0.2) is 11.8 Å². The zero-order valence-corrected chi connectivity index (χ0v) is 9.46. The van der Waals surface area contributed by atoms with E-state index < -0.39 is 0 Å². The second-order valence-corrected chi connectivity index (χ2v) is 4.95. The summed E-state index contributed by atoms with van der Waals surface area (Å²) < 4.78 is 0. The van der Waals surface area contributed by atoms with E-state index in [0.717, 1.165) is 25.2 Å². The fourth-order valence-electron chi connectivity index (χ4n) is 2.30. The lowest BCUT2D eigenvalue weighted by Crippen LogP contribution is -2.24. The highest BCUT2D eigenvalue weighted by molar-refractivity contribution is 5.81. The van der Waals surface area contributed by atoms with Crippen LogP contribution in [0.15, 0.2) is 0 Å². The van der Waals surface area contributed by atoms with Crippen molar-refractivity contribution >= 4 is 5.78 Å². The molecular formula is C12H23NO. The Kier molecular flexibility index (Phi) is 4.59. The zero-order chi connectivity index (χ0) is 10.6. The van der Waals surface area contributed by atoms with E-state index in [-0.39, 0.29) is 6.04 Å². The second-order valence-electron chi connectivity index (χ2n) is 4.95. The third kappa shape index (κ3) is 3.79. The minimum absolute atomic E-state index is 0.167. The standard InChI is InChI=1S/C12H23NO/c1-9-4-3-5-11(8-9)12(14)7-6-10(2)13/h9-11H,3-8,13H2,1-2H3. The van der Waals surface area contributed by atoms with Gasteiger partial charge in [-0.1, -0.05) is 19.8 Å². The van der Waals surface area contributed by atoms with Crippen LogP contribution in [0.25, 0.3) is 0 Å². The summed E-state index contributed by atoms with van der Waals surface area (Å²) in [7, 11) is 0. The van der Waals surface area contributed by atoms with Crippen molar-refractivity contribution < 1.29 is 4.79 Å². The molecule has 1 fully saturated rings. The second kappa shape index (κ2) is 5.50. The van der Waals surface area contributed by atoms with Crippen LogP contribution in [0.5, 0.6) is 0 Å². The molecule has 2 heteroatoms. The molecule has 0 heterocycles. The first-order valence-electron chi connectivity index (χ1n) is 5.88. The fourth-order valence-corrected chi connectivity index (χ4v) is 2.30. The molecule has 0 amide bonds. The summed E-state index contributed by atoms with van der Waals surface area (Å²) in [6.07, 6.45) is 6.30. The topological polar surface area (TPSA) is 43.1 Å². The predicted molar refractivity (Wildman–Crippen MR) is 59.0 cm³/mol. The van der Waals surface area contributed by atoms with Gasteiger partial charge in [-0.3, -0.25) is 4.79 Å². The lowest BCUT2D eigenvalue weighted by atomic mass is 9.79. The van der Waals surface area contributed by atoms with Crippen molar-refractivity contribution in [1.29, 1.82) is 0 Å². The van der Waals surface area contributed by atoms with Crippen LogP contribution in [0.1, 0.15) is 52.4 Å². The third-order valence-corrected chi connectivity index (χ3v) is 3.24. The van der Waals surface area contributed by atoms with Crippen molar-refractivity contribution in [1.82, 2.24) is 0 Å². The van der Waals surface area contributed by atoms with Gasteiger partial charge in [-0.2, -0.15) is 0 Å². The van der Waals surface area contributed by atoms with E-state index in [1.54, 1.807) is 0 Å². The number of carbonyl (C=O) groups is 1. The molecule has 0 radical (unpaired) electrons. The van der Waals surface area contributed by atoms with E-state index in [4.69, 9.17) is 5.73 Å². The number of hydrogen-bond acceptors (Lipinski definition) is 2. The van der Waals surface area contributed by atoms with Crippen molar-refractivity contribution in [3.63, 3.8) is 0 Å². The summed E-state index contributed by atoms with van der Waals surface area (Å²) in [5, 5.41) is 0. The van der Waals surface area contributed by atoms with Gasteiger partial charge in [0.2, 0.25) is 0 Å². The molecule has 3 atom stereocenters. The summed E-state index contributed by atoms with van der Waals surface area (Å²) in [5.74, 6) is 1.54. The first kappa shape index (κ1) is 11.7. The number of carbonyl (C=O) groups excluding carboxylic acids is 1. The van der Waals surface area contributed by atoms with Gasteiger partial charge in [-0.15, -0.1) is 0 Å². The first-order chi connectivity index (χ1) is 6.59. The molecule has 1 aliphatic rings. The Balaban J connectivity index is 2.29. The van der Waals surface area contributed by atoms with Crippen molar-refractivity contribution in [2.75, 3.05) is 0 Å². The summed E-state index contributed by atoms with van der Waals surface area (Å²) in [6.45, 7) is 4.22. The van der Waals surface area contributed by atoms with Gasteiger partial charge in [-0.25, -0.2) is 0 Å². The lowest BCUT2D eigenvalue weighted by molar-refractivity contribution is -0.124. The highest BCUT2D eigenvalue weighted by atomic mass is 16.1. The third-order valence-electron chi connectivity index (χ3n) is 3.24. The van der Waals surface area contributed by atoms with Gasteiger partial charge in [0.25, 0.3) is 0 Å². The van der Waals surface area contributed by atoms with Crippen molar-refractivity contribution in [2.45, 2.75) is 58.4 Å². The lowest BCUT2D eigenvalue weighted by Gasteiger charge is -2.25. The Morgan fingerprint density at radius 2 is 2.21 bits per heavy atom. The van der Waals surface area contributed by atoms with Gasteiger partial charge < -0.3 is 5.73 Å². The highest BCUT2D eigenvalue weighted by Gasteiger charge is 2.24. The SMILES string of the molecule is CC(N)CCC(=O)C1CCCC(C)C1. The molecule has 82 valence electrons. The maximum Gasteiger partial charge on any atom is 0.136 e. The molecule has 2 nitrogen and oxygen atoms in total. The Morgan fingerprint density at radius 3 is 2.79 bits per heavy atom. The maximum absolute atomic E-state index is 11.8. The van der Waals surface area contributed by atoms with Crippen LogP contribution in [0.4, 0.5) is 0 Å². The Bertz CT molecular complexity index is 189. The van der Waals surface area contributed by atoms with Gasteiger partial charge in [0.15, 0.2) is 0 Å². The van der Waals surface area contributed by atoms with Gasteiger partial charge in [0.1, 0.15) is 5.78 Å². The molecule has 3 unspecified atom stereocenters. The minimum atomic E-state index is 0.167. The van der Waals surface area contributed by atoms with Gasteiger partial charge in [-0.05, 0) is 32.1 Å². The van der Waals surface area contributed by atoms with Crippen LogP contribution in [0.3, 0.4) is 0 Å². The van der Waals surface area contributed by atoms with Crippen LogP contribution >= 0.6 is 0 Å². The molecule has 0 aromatic heterocycles. The molecule has 1 rings (SSSR count). The van der Waals surface area contributed by atoms with E-state index in [1.165, 1.54) is 12.8 Å². The first-order valence-corrected chi connectivity index (χ1v) is 5.88. The maximum atomic E-state index is 11.8. The quantitative estimate of drug-likeness (QED) is 0.752. The smallest absolute Gasteiger partial charge is 0.136 e. The van der Waals surface area contributed by atoms with Crippen LogP contribution < -0.4 is 5.73 Å². The largest absolute Gasteiger partial charge is 0.328 e. The Hall–Kier alpha value is -0.370. The molecule has 0 aromatic carbocycles. The van der Waals surface area contributed by atoms with Gasteiger partial charge in [0.05, 0.1) is 0 Å². The van der Waals surface area contributed by atoms with Crippen molar-refractivity contribution in [2.24, 2.45) is 17.6 Å². The Morgan fingerprint density at radius 1 is 1.50 bits per heavy atom. The highest BCUT2D eigenvalue weighted by Crippen LogP contribution is 2.30. The minimum Gasteiger partial charge on any atom is -0.328 e. The zero-order valence-electron chi connectivity index (χ0n) is 9.46. The fraction of sp³-hybridized carbons (Fsp3) is 0.917. The number of ketones is 1. The molecule has 1 aliphatic carbocycles. The van der Waals surface area contributed by atoms with Crippen molar-refractivity contribution in [3.05, 3.63) is 0 Å². The molecule has 0 bridgehead atoms. The average molecular weight is 197 g/mol. The molecule has 2 N–H and O–H groups in total. The number of nitrogens with two attached hydrogens (primary N) is 1. The van der Waals surface area contributed by atoms with Crippen LogP contribution in [0, 0.1) is 11.8 Å². The van der Waals surface area contributed by atoms with E-state index in [9.17, 15) is 4.79 Å². The summed E-state index contributed by atoms with van der Waals surface area (Å²) in [4.78, 5) is 11.8. The molecular weight excluding hydrogens is 174 g/mol. The predicted octanol–water partition coefficient (Wildman–Crippen LogP) is 2.51. The number of hydrogen-bond donors (Lipinski definition) is 1. The van der Waals surface area contributed by atoms with Crippen LogP contribution in [-0.2, 0) is 4.79 Å². The van der Waals surface area contributed by atoms with E-state index in [1.807, 2.05) is 6.92 Å². The summed E-state index contributed by atoms with van der Waals surface area (Å²) in [6, 6.07) is 0.167. The molecule has 0 aromatic rings. The number of rotatable bonds is 4. The summed E-state index contributed by atoms with van der Waals surface area (Å²) >= 11 is 0. The van der Waals surface area contributed by atoms with Gasteiger partial charge in [0, 0.05) is 18.4 Å². The monoisotopic (exact) mass is 197 g/mol.